The van der Waals surface area contributed by atoms with E-state index < -0.39 is 23.1 Å². The van der Waals surface area contributed by atoms with Gasteiger partial charge in [-0.15, -0.1) is 0 Å². The highest BCUT2D eigenvalue weighted by molar-refractivity contribution is 6.12. The van der Waals surface area contributed by atoms with Crippen LogP contribution in [0.3, 0.4) is 0 Å². The molecule has 10 nitrogen and oxygen atoms in total. The van der Waals surface area contributed by atoms with Gasteiger partial charge in [0.15, 0.2) is 0 Å². The molecule has 0 saturated heterocycles. The van der Waals surface area contributed by atoms with Crippen molar-refractivity contribution in [3.63, 3.8) is 0 Å². The number of carboxylic acids is 2. The molecule has 0 saturated carbocycles. The zero-order valence-electron chi connectivity index (χ0n) is 23.8. The number of hydrogen-bond acceptors (Lipinski definition) is 8. The Bertz CT molecular complexity index is 1600. The summed E-state index contributed by atoms with van der Waals surface area (Å²) < 4.78 is 0. The average Bonchev–Trinajstić information content (AvgIpc) is 3.65. The van der Waals surface area contributed by atoms with E-state index in [1.165, 1.54) is 0 Å². The van der Waals surface area contributed by atoms with Gasteiger partial charge >= 0.3 is 11.9 Å². The smallest absolute Gasteiger partial charge is 0.351 e. The average molecular weight is 569 g/mol. The first-order valence-electron chi connectivity index (χ1n) is 13.7. The Balaban J connectivity index is 0.000000168. The highest BCUT2D eigenvalue weighted by Crippen LogP contribution is 2.36. The lowest BCUT2D eigenvalue weighted by Crippen LogP contribution is -2.44. The summed E-state index contributed by atoms with van der Waals surface area (Å²) in [5.74, 6) is -2.36. The third kappa shape index (κ3) is 4.93. The van der Waals surface area contributed by atoms with E-state index in [4.69, 9.17) is 9.68 Å². The number of oxime groups is 2. The summed E-state index contributed by atoms with van der Waals surface area (Å²) >= 11 is 0. The zero-order valence-corrected chi connectivity index (χ0v) is 23.8. The Morgan fingerprint density at radius 3 is 1.38 bits per heavy atom. The summed E-state index contributed by atoms with van der Waals surface area (Å²) in [7, 11) is 0. The van der Waals surface area contributed by atoms with Crippen molar-refractivity contribution in [2.75, 3.05) is 0 Å². The maximum absolute atomic E-state index is 11.6. The topological polar surface area (TPSA) is 144 Å². The van der Waals surface area contributed by atoms with Crippen LogP contribution in [0.2, 0.25) is 0 Å². The number of carbonyl (C=O) groups is 2. The largest absolute Gasteiger partial charge is 0.478 e. The lowest BCUT2D eigenvalue weighted by Gasteiger charge is -2.25. The number of fused-ring (bicyclic) bond motifs is 2. The Hall–Kier alpha value is -4.86. The third-order valence-corrected chi connectivity index (χ3v) is 7.98. The van der Waals surface area contributed by atoms with Crippen LogP contribution in [0.15, 0.2) is 83.4 Å². The number of pyridine rings is 2. The summed E-state index contributed by atoms with van der Waals surface area (Å²) in [5.41, 5.74) is -0.0402. The minimum absolute atomic E-state index is 0.189. The molecule has 42 heavy (non-hydrogen) atoms. The highest BCUT2D eigenvalue weighted by Gasteiger charge is 2.51. The van der Waals surface area contributed by atoms with Crippen LogP contribution in [-0.4, -0.2) is 54.7 Å². The van der Waals surface area contributed by atoms with E-state index >= 15 is 0 Å². The fraction of sp³-hybridized carbons (Fsp3) is 0.312. The molecule has 216 valence electrons. The van der Waals surface area contributed by atoms with E-state index in [1.807, 2.05) is 88.4 Å². The molecular weight excluding hydrogens is 536 g/mol. The van der Waals surface area contributed by atoms with Gasteiger partial charge in [-0.1, -0.05) is 86.5 Å². The first-order valence-corrected chi connectivity index (χ1v) is 13.7. The van der Waals surface area contributed by atoms with Gasteiger partial charge in [-0.25, -0.2) is 9.59 Å². The van der Waals surface area contributed by atoms with Gasteiger partial charge in [-0.3, -0.25) is 9.97 Å². The Morgan fingerprint density at radius 1 is 0.667 bits per heavy atom. The van der Waals surface area contributed by atoms with Crippen molar-refractivity contribution in [3.05, 3.63) is 84.4 Å². The molecule has 1 unspecified atom stereocenters. The van der Waals surface area contributed by atoms with Crippen molar-refractivity contribution >= 4 is 44.9 Å². The van der Waals surface area contributed by atoms with Crippen LogP contribution in [0.25, 0.3) is 21.5 Å². The molecule has 0 spiro atoms. The first kappa shape index (κ1) is 28.7. The number of aliphatic carboxylic acids is 2. The minimum Gasteiger partial charge on any atom is -0.478 e. The number of rotatable bonds is 6. The van der Waals surface area contributed by atoms with Crippen LogP contribution in [0.1, 0.15) is 51.9 Å². The number of carboxylic acid groups (broad SMARTS) is 2. The molecule has 2 aromatic carbocycles. The quantitative estimate of drug-likeness (QED) is 0.302. The van der Waals surface area contributed by atoms with Crippen molar-refractivity contribution < 1.29 is 29.5 Å². The van der Waals surface area contributed by atoms with E-state index in [0.29, 0.717) is 22.8 Å². The summed E-state index contributed by atoms with van der Waals surface area (Å²) in [6.07, 6.45) is 3.86. The SMILES string of the molecule is CC(C)C1(C(=O)O)CC(c2nccc3ccccc23)=NO1.CC(C)[C@@]1(C(=O)O)CC(c2nccc3ccccc23)=NO1. The minimum atomic E-state index is -1.30. The maximum atomic E-state index is 11.6. The molecule has 0 amide bonds. The molecule has 2 atom stereocenters. The van der Waals surface area contributed by atoms with Crippen molar-refractivity contribution in [3.8, 4) is 0 Å². The monoisotopic (exact) mass is 568 g/mol. The lowest BCUT2D eigenvalue weighted by atomic mass is 9.85. The van der Waals surface area contributed by atoms with Crippen LogP contribution in [-0.2, 0) is 19.3 Å². The van der Waals surface area contributed by atoms with E-state index in [2.05, 4.69) is 20.3 Å². The molecule has 4 heterocycles. The van der Waals surface area contributed by atoms with Crippen LogP contribution in [0, 0.1) is 11.8 Å². The van der Waals surface area contributed by atoms with Gasteiger partial charge in [-0.2, -0.15) is 0 Å². The molecule has 2 aromatic heterocycles. The summed E-state index contributed by atoms with van der Waals surface area (Å²) in [6, 6.07) is 19.5. The Labute approximate surface area is 242 Å². The summed E-state index contributed by atoms with van der Waals surface area (Å²) in [6.45, 7) is 7.29. The zero-order chi connectivity index (χ0) is 30.1. The molecule has 2 aliphatic rings. The molecule has 10 heteroatoms. The number of hydrogen-bond donors (Lipinski definition) is 2. The van der Waals surface area contributed by atoms with Gasteiger partial charge in [0.2, 0.25) is 11.2 Å². The maximum Gasteiger partial charge on any atom is 0.351 e. The van der Waals surface area contributed by atoms with E-state index in [1.54, 1.807) is 12.4 Å². The number of aromatic nitrogens is 2. The van der Waals surface area contributed by atoms with Gasteiger partial charge in [0.1, 0.15) is 11.4 Å². The second kappa shape index (κ2) is 11.2. The van der Waals surface area contributed by atoms with Gasteiger partial charge in [0, 0.05) is 47.8 Å². The normalized spacial score (nSPS) is 21.4. The van der Waals surface area contributed by atoms with E-state index in [-0.39, 0.29) is 24.7 Å². The third-order valence-electron chi connectivity index (χ3n) is 7.98. The number of nitrogens with zero attached hydrogens (tertiary/aromatic N) is 4. The fourth-order valence-electron chi connectivity index (χ4n) is 5.20. The first-order chi connectivity index (χ1) is 20.1. The fourth-order valence-corrected chi connectivity index (χ4v) is 5.20. The van der Waals surface area contributed by atoms with E-state index in [0.717, 1.165) is 21.5 Å². The molecule has 2 N–H and O–H groups in total. The molecule has 0 radical (unpaired) electrons. The van der Waals surface area contributed by atoms with Crippen molar-refractivity contribution in [1.82, 2.24) is 9.97 Å². The van der Waals surface area contributed by atoms with Crippen molar-refractivity contribution in [2.45, 2.75) is 51.7 Å². The molecular formula is C32H32N4O6. The van der Waals surface area contributed by atoms with E-state index in [9.17, 15) is 19.8 Å². The molecule has 0 aliphatic carbocycles. The van der Waals surface area contributed by atoms with Crippen LogP contribution < -0.4 is 0 Å². The predicted molar refractivity (Wildman–Crippen MR) is 158 cm³/mol. The van der Waals surface area contributed by atoms with Gasteiger partial charge in [0.25, 0.3) is 0 Å². The molecule has 2 aliphatic heterocycles. The molecule has 0 fully saturated rings. The summed E-state index contributed by atoms with van der Waals surface area (Å²) in [5, 5.41) is 31.0. The second-order valence-electron chi connectivity index (χ2n) is 11.1. The van der Waals surface area contributed by atoms with Crippen LogP contribution in [0.4, 0.5) is 0 Å². The predicted octanol–water partition coefficient (Wildman–Crippen LogP) is 5.68. The molecule has 0 bridgehead atoms. The Kier molecular flexibility index (Phi) is 7.64. The van der Waals surface area contributed by atoms with Crippen LogP contribution >= 0.6 is 0 Å². The van der Waals surface area contributed by atoms with Gasteiger partial charge < -0.3 is 19.9 Å². The van der Waals surface area contributed by atoms with Gasteiger partial charge in [0.05, 0.1) is 11.4 Å². The molecule has 6 rings (SSSR count). The van der Waals surface area contributed by atoms with Crippen molar-refractivity contribution in [1.29, 1.82) is 0 Å². The van der Waals surface area contributed by atoms with Crippen molar-refractivity contribution in [2.24, 2.45) is 22.1 Å². The van der Waals surface area contributed by atoms with Gasteiger partial charge in [-0.05, 0) is 22.9 Å². The summed E-state index contributed by atoms with van der Waals surface area (Å²) in [4.78, 5) is 42.6. The standard InChI is InChI=1S/2C16H16N2O3/c2*1-10(2)16(15(19)20)9-13(18-21-16)14-12-6-4-3-5-11(12)7-8-17-14/h2*3-8,10H,9H2,1-2H3,(H,19,20)/t16-;/m1./s1. The van der Waals surface area contributed by atoms with Crippen LogP contribution in [0.5, 0.6) is 0 Å². The molecule has 4 aromatic rings. The number of benzene rings is 2. The second-order valence-corrected chi connectivity index (χ2v) is 11.1. The Morgan fingerprint density at radius 2 is 1.05 bits per heavy atom. The lowest BCUT2D eigenvalue weighted by molar-refractivity contribution is -0.169. The highest BCUT2D eigenvalue weighted by atomic mass is 16.7.